The molecule has 3 aromatic carbocycles. The standard InChI is InChI=1S/C27H31NO/c1-6-28-25(29)19-9-7-18(8-10-19)20-11-12-21-16-23-24(17-22(21)15-20)27(4,5)14-13-26(23,2)3/h7-12,15-17H,6,13-14H2,1-5H3,(H,28,29). The molecule has 0 unspecified atom stereocenters. The van der Waals surface area contributed by atoms with Gasteiger partial charge in [-0.25, -0.2) is 0 Å². The molecule has 1 amide bonds. The van der Waals surface area contributed by atoms with Crippen LogP contribution in [-0.4, -0.2) is 12.5 Å². The first-order chi connectivity index (χ1) is 13.7. The highest BCUT2D eigenvalue weighted by Gasteiger charge is 2.37. The van der Waals surface area contributed by atoms with Gasteiger partial charge in [0, 0.05) is 12.1 Å². The molecule has 1 N–H and O–H groups in total. The van der Waals surface area contributed by atoms with E-state index < -0.39 is 0 Å². The van der Waals surface area contributed by atoms with Crippen LogP contribution in [0.3, 0.4) is 0 Å². The number of amides is 1. The average molecular weight is 386 g/mol. The first-order valence-corrected chi connectivity index (χ1v) is 10.7. The summed E-state index contributed by atoms with van der Waals surface area (Å²) in [5.41, 5.74) is 6.46. The van der Waals surface area contributed by atoms with Gasteiger partial charge in [-0.05, 0) is 81.8 Å². The normalized spacial score (nSPS) is 17.0. The summed E-state index contributed by atoms with van der Waals surface area (Å²) in [6.45, 7) is 12.1. The van der Waals surface area contributed by atoms with E-state index in [4.69, 9.17) is 0 Å². The summed E-state index contributed by atoms with van der Waals surface area (Å²) >= 11 is 0. The molecular formula is C27H31NO. The number of rotatable bonds is 3. The van der Waals surface area contributed by atoms with Gasteiger partial charge >= 0.3 is 0 Å². The molecule has 0 atom stereocenters. The maximum Gasteiger partial charge on any atom is 0.251 e. The second-order valence-electron chi connectivity index (χ2n) is 9.66. The molecule has 4 rings (SSSR count). The second-order valence-corrected chi connectivity index (χ2v) is 9.66. The van der Waals surface area contributed by atoms with Gasteiger partial charge < -0.3 is 5.32 Å². The first-order valence-electron chi connectivity index (χ1n) is 10.7. The van der Waals surface area contributed by atoms with Gasteiger partial charge in [0.1, 0.15) is 0 Å². The van der Waals surface area contributed by atoms with Crippen LogP contribution in [0.5, 0.6) is 0 Å². The highest BCUT2D eigenvalue weighted by Crippen LogP contribution is 2.47. The van der Waals surface area contributed by atoms with Gasteiger partial charge in [-0.2, -0.15) is 0 Å². The number of hydrogen-bond donors (Lipinski definition) is 1. The minimum Gasteiger partial charge on any atom is -0.352 e. The zero-order valence-electron chi connectivity index (χ0n) is 18.2. The van der Waals surface area contributed by atoms with E-state index in [-0.39, 0.29) is 16.7 Å². The summed E-state index contributed by atoms with van der Waals surface area (Å²) in [7, 11) is 0. The molecular weight excluding hydrogens is 354 g/mol. The van der Waals surface area contributed by atoms with Gasteiger partial charge in [0.2, 0.25) is 0 Å². The number of fused-ring (bicyclic) bond motifs is 2. The van der Waals surface area contributed by atoms with Gasteiger partial charge in [-0.1, -0.05) is 64.1 Å². The highest BCUT2D eigenvalue weighted by atomic mass is 16.1. The molecule has 0 saturated heterocycles. The summed E-state index contributed by atoms with van der Waals surface area (Å²) in [5, 5.41) is 5.44. The highest BCUT2D eigenvalue weighted by molar-refractivity contribution is 5.95. The molecule has 0 fully saturated rings. The Hall–Kier alpha value is -2.61. The van der Waals surface area contributed by atoms with E-state index in [1.807, 2.05) is 31.2 Å². The lowest BCUT2D eigenvalue weighted by molar-refractivity contribution is 0.0956. The third kappa shape index (κ3) is 3.57. The van der Waals surface area contributed by atoms with Crippen LogP contribution in [0.15, 0.2) is 54.6 Å². The summed E-state index contributed by atoms with van der Waals surface area (Å²) in [4.78, 5) is 12.0. The van der Waals surface area contributed by atoms with Crippen molar-refractivity contribution in [3.8, 4) is 11.1 Å². The van der Waals surface area contributed by atoms with E-state index in [0.29, 0.717) is 12.1 Å². The average Bonchev–Trinajstić information content (AvgIpc) is 2.70. The fraction of sp³-hybridized carbons (Fsp3) is 0.370. The Labute approximate surface area is 174 Å². The van der Waals surface area contributed by atoms with Crippen molar-refractivity contribution < 1.29 is 4.79 Å². The molecule has 2 nitrogen and oxygen atoms in total. The Morgan fingerprint density at radius 3 is 1.93 bits per heavy atom. The molecule has 0 aromatic heterocycles. The van der Waals surface area contributed by atoms with E-state index >= 15 is 0 Å². The van der Waals surface area contributed by atoms with Crippen molar-refractivity contribution in [3.05, 3.63) is 71.3 Å². The molecule has 0 heterocycles. The van der Waals surface area contributed by atoms with Crippen molar-refractivity contribution in [2.24, 2.45) is 0 Å². The summed E-state index contributed by atoms with van der Waals surface area (Å²) in [6.07, 6.45) is 2.45. The Morgan fingerprint density at radius 1 is 0.793 bits per heavy atom. The van der Waals surface area contributed by atoms with Crippen molar-refractivity contribution in [3.63, 3.8) is 0 Å². The Morgan fingerprint density at radius 2 is 1.34 bits per heavy atom. The minimum atomic E-state index is -0.0194. The zero-order valence-corrected chi connectivity index (χ0v) is 18.2. The van der Waals surface area contributed by atoms with E-state index in [2.05, 4.69) is 63.3 Å². The number of benzene rings is 3. The van der Waals surface area contributed by atoms with E-state index in [1.165, 1.54) is 40.3 Å². The Kier molecular flexibility index (Phi) is 4.77. The lowest BCUT2D eigenvalue weighted by Crippen LogP contribution is -2.33. The van der Waals surface area contributed by atoms with Crippen molar-refractivity contribution >= 4 is 16.7 Å². The van der Waals surface area contributed by atoms with E-state index in [0.717, 1.165) is 5.56 Å². The van der Waals surface area contributed by atoms with Crippen molar-refractivity contribution in [2.45, 2.75) is 58.3 Å². The van der Waals surface area contributed by atoms with Crippen molar-refractivity contribution in [1.29, 1.82) is 0 Å². The molecule has 0 radical (unpaired) electrons. The van der Waals surface area contributed by atoms with Gasteiger partial charge in [0.15, 0.2) is 0 Å². The van der Waals surface area contributed by atoms with Crippen LogP contribution < -0.4 is 5.32 Å². The zero-order chi connectivity index (χ0) is 20.8. The van der Waals surface area contributed by atoms with Gasteiger partial charge in [0.25, 0.3) is 5.91 Å². The predicted octanol–water partition coefficient (Wildman–Crippen LogP) is 6.61. The molecule has 0 bridgehead atoms. The maximum atomic E-state index is 12.0. The summed E-state index contributed by atoms with van der Waals surface area (Å²) in [6, 6.07) is 19.4. The second kappa shape index (κ2) is 7.02. The molecule has 3 aromatic rings. The molecule has 0 spiro atoms. The van der Waals surface area contributed by atoms with Crippen LogP contribution in [0.2, 0.25) is 0 Å². The van der Waals surface area contributed by atoms with Crippen molar-refractivity contribution in [2.75, 3.05) is 6.54 Å². The fourth-order valence-electron chi connectivity index (χ4n) is 4.57. The Balaban J connectivity index is 1.76. The fourth-order valence-corrected chi connectivity index (χ4v) is 4.57. The maximum absolute atomic E-state index is 12.0. The molecule has 2 heteroatoms. The van der Waals surface area contributed by atoms with Crippen LogP contribution in [0.25, 0.3) is 21.9 Å². The minimum absolute atomic E-state index is 0.0194. The number of carbonyl (C=O) groups excluding carboxylic acids is 1. The first kappa shape index (κ1) is 19.7. The van der Waals surface area contributed by atoms with Gasteiger partial charge in [-0.3, -0.25) is 4.79 Å². The molecule has 1 aliphatic carbocycles. The molecule has 0 aliphatic heterocycles. The third-order valence-corrected chi connectivity index (χ3v) is 6.63. The van der Waals surface area contributed by atoms with Crippen LogP contribution in [0.1, 0.15) is 68.9 Å². The summed E-state index contributed by atoms with van der Waals surface area (Å²) < 4.78 is 0. The number of carbonyl (C=O) groups is 1. The van der Waals surface area contributed by atoms with Gasteiger partial charge in [0.05, 0.1) is 0 Å². The smallest absolute Gasteiger partial charge is 0.251 e. The molecule has 150 valence electrons. The van der Waals surface area contributed by atoms with Gasteiger partial charge in [-0.15, -0.1) is 0 Å². The lowest BCUT2D eigenvalue weighted by atomic mass is 9.63. The van der Waals surface area contributed by atoms with E-state index in [9.17, 15) is 4.79 Å². The molecule has 1 aliphatic rings. The molecule has 29 heavy (non-hydrogen) atoms. The van der Waals surface area contributed by atoms with Crippen LogP contribution in [0.4, 0.5) is 0 Å². The monoisotopic (exact) mass is 385 g/mol. The van der Waals surface area contributed by atoms with E-state index in [1.54, 1.807) is 0 Å². The molecule has 0 saturated carbocycles. The SMILES string of the molecule is CCNC(=O)c1ccc(-c2ccc3cc4c(cc3c2)C(C)(C)CCC4(C)C)cc1. The Bertz CT molecular complexity index is 1070. The summed E-state index contributed by atoms with van der Waals surface area (Å²) in [5.74, 6) is -0.0194. The third-order valence-electron chi connectivity index (χ3n) is 6.63. The quantitative estimate of drug-likeness (QED) is 0.540. The topological polar surface area (TPSA) is 29.1 Å². The number of nitrogens with one attached hydrogen (secondary N) is 1. The van der Waals surface area contributed by atoms with Crippen molar-refractivity contribution in [1.82, 2.24) is 5.32 Å². The largest absolute Gasteiger partial charge is 0.352 e. The predicted molar refractivity (Wildman–Crippen MR) is 123 cm³/mol. The van der Waals surface area contributed by atoms with Crippen LogP contribution in [-0.2, 0) is 10.8 Å². The lowest BCUT2D eigenvalue weighted by Gasteiger charge is -2.42. The van der Waals surface area contributed by atoms with Crippen LogP contribution >= 0.6 is 0 Å². The van der Waals surface area contributed by atoms with Crippen LogP contribution in [0, 0.1) is 0 Å². The number of hydrogen-bond acceptors (Lipinski definition) is 1.